The summed E-state index contributed by atoms with van der Waals surface area (Å²) >= 11 is 3.51. The summed E-state index contributed by atoms with van der Waals surface area (Å²) in [6, 6.07) is 0. The van der Waals surface area contributed by atoms with Gasteiger partial charge in [0.2, 0.25) is 0 Å². The van der Waals surface area contributed by atoms with Crippen LogP contribution >= 0.6 is 23.1 Å². The highest BCUT2D eigenvalue weighted by Gasteiger charge is 1.97. The first-order chi connectivity index (χ1) is 8.36. The van der Waals surface area contributed by atoms with Crippen LogP contribution in [0.5, 0.6) is 0 Å². The molecule has 0 bridgehead atoms. The fourth-order valence-corrected chi connectivity index (χ4v) is 2.83. The van der Waals surface area contributed by atoms with E-state index in [2.05, 4.69) is 27.5 Å². The summed E-state index contributed by atoms with van der Waals surface area (Å²) in [6.45, 7) is 4.06. The van der Waals surface area contributed by atoms with Crippen LogP contribution in [-0.4, -0.2) is 36.8 Å². The van der Waals surface area contributed by atoms with Gasteiger partial charge in [0, 0.05) is 37.5 Å². The Labute approximate surface area is 111 Å². The predicted molar refractivity (Wildman–Crippen MR) is 77.1 cm³/mol. The van der Waals surface area contributed by atoms with Crippen LogP contribution in [-0.2, 0) is 0 Å². The van der Waals surface area contributed by atoms with Crippen molar-refractivity contribution < 1.29 is 0 Å². The quantitative estimate of drug-likeness (QED) is 0.346. The van der Waals surface area contributed by atoms with E-state index in [0.29, 0.717) is 0 Å². The van der Waals surface area contributed by atoms with Gasteiger partial charge in [-0.3, -0.25) is 4.99 Å². The monoisotopic (exact) mass is 272 g/mol. The van der Waals surface area contributed by atoms with Crippen LogP contribution in [0.25, 0.3) is 0 Å². The van der Waals surface area contributed by atoms with E-state index < -0.39 is 0 Å². The largest absolute Gasteiger partial charge is 0.356 e. The second-order valence-electron chi connectivity index (χ2n) is 3.43. The Balaban J connectivity index is 2.03. The Morgan fingerprint density at radius 3 is 2.94 bits per heavy atom. The molecule has 0 aliphatic carbocycles. The van der Waals surface area contributed by atoms with Crippen molar-refractivity contribution in [3.05, 3.63) is 11.6 Å². The molecule has 1 heterocycles. The molecule has 0 aliphatic rings. The summed E-state index contributed by atoms with van der Waals surface area (Å²) in [5.74, 6) is 1.98. The molecule has 0 spiro atoms. The molecule has 0 fully saturated rings. The van der Waals surface area contributed by atoms with Gasteiger partial charge in [0.1, 0.15) is 4.34 Å². The molecule has 0 aliphatic heterocycles. The van der Waals surface area contributed by atoms with Crippen LogP contribution in [0.4, 0.5) is 0 Å². The molecule has 0 atom stereocenters. The minimum Gasteiger partial charge on any atom is -0.356 e. The van der Waals surface area contributed by atoms with E-state index in [0.717, 1.165) is 42.0 Å². The third-order valence-corrected chi connectivity index (χ3v) is 4.07. The first kappa shape index (κ1) is 14.3. The van der Waals surface area contributed by atoms with E-state index >= 15 is 0 Å². The maximum atomic E-state index is 4.23. The van der Waals surface area contributed by atoms with Crippen molar-refractivity contribution >= 4 is 29.1 Å². The predicted octanol–water partition coefficient (Wildman–Crippen LogP) is 2.20. The van der Waals surface area contributed by atoms with Gasteiger partial charge in [-0.1, -0.05) is 18.7 Å². The Bertz CT molecular complexity index is 311. The topological polar surface area (TPSA) is 49.3 Å². The zero-order valence-electron chi connectivity index (χ0n) is 10.4. The maximum absolute atomic E-state index is 4.23. The fourth-order valence-electron chi connectivity index (χ4n) is 1.18. The van der Waals surface area contributed by atoms with Crippen molar-refractivity contribution in [2.24, 2.45) is 4.99 Å². The molecule has 17 heavy (non-hydrogen) atoms. The van der Waals surface area contributed by atoms with E-state index in [-0.39, 0.29) is 0 Å². The van der Waals surface area contributed by atoms with Gasteiger partial charge in [0.15, 0.2) is 5.96 Å². The molecule has 0 saturated heterocycles. The lowest BCUT2D eigenvalue weighted by Crippen LogP contribution is -2.38. The lowest BCUT2D eigenvalue weighted by molar-refractivity contribution is 0.767. The van der Waals surface area contributed by atoms with Gasteiger partial charge in [-0.05, 0) is 12.8 Å². The summed E-state index contributed by atoms with van der Waals surface area (Å²) in [5, 5.41) is 8.55. The molecule has 1 rings (SSSR count). The average molecular weight is 272 g/mol. The average Bonchev–Trinajstić information content (AvgIpc) is 2.85. The Hall–Kier alpha value is -0.750. The molecule has 0 radical (unpaired) electrons. The molecule has 1 aromatic heterocycles. The van der Waals surface area contributed by atoms with Gasteiger partial charge in [0.05, 0.1) is 0 Å². The highest BCUT2D eigenvalue weighted by molar-refractivity contribution is 8.00. The number of rotatable bonds is 7. The van der Waals surface area contributed by atoms with Crippen LogP contribution in [0.15, 0.2) is 20.9 Å². The molecule has 0 amide bonds. The number of thioether (sulfide) groups is 1. The smallest absolute Gasteiger partial charge is 0.190 e. The van der Waals surface area contributed by atoms with Crippen LogP contribution in [0.3, 0.4) is 0 Å². The number of nitrogens with one attached hydrogen (secondary N) is 2. The number of nitrogens with zero attached hydrogens (tertiary/aromatic N) is 2. The summed E-state index contributed by atoms with van der Waals surface area (Å²) in [6.07, 6.45) is 4.07. The van der Waals surface area contributed by atoms with Crippen molar-refractivity contribution in [1.29, 1.82) is 0 Å². The highest BCUT2D eigenvalue weighted by atomic mass is 32.2. The lowest BCUT2D eigenvalue weighted by atomic mass is 10.4. The van der Waals surface area contributed by atoms with Crippen LogP contribution in [0, 0.1) is 0 Å². The molecular weight excluding hydrogens is 252 g/mol. The molecule has 6 heteroatoms. The van der Waals surface area contributed by atoms with Gasteiger partial charge >= 0.3 is 0 Å². The SMILES string of the molecule is CCCNC(=NC)NCCCSc1nccs1. The van der Waals surface area contributed by atoms with E-state index in [1.165, 1.54) is 0 Å². The van der Waals surface area contributed by atoms with E-state index in [4.69, 9.17) is 0 Å². The summed E-state index contributed by atoms with van der Waals surface area (Å²) in [4.78, 5) is 8.38. The molecule has 0 saturated carbocycles. The summed E-state index contributed by atoms with van der Waals surface area (Å²) in [5.41, 5.74) is 0. The number of hydrogen-bond donors (Lipinski definition) is 2. The first-order valence-electron chi connectivity index (χ1n) is 5.83. The second-order valence-corrected chi connectivity index (χ2v) is 5.66. The van der Waals surface area contributed by atoms with E-state index in [9.17, 15) is 0 Å². The lowest BCUT2D eigenvalue weighted by Gasteiger charge is -2.10. The number of thiazole rings is 1. The highest BCUT2D eigenvalue weighted by Crippen LogP contribution is 2.20. The van der Waals surface area contributed by atoms with Crippen molar-refractivity contribution in [2.45, 2.75) is 24.1 Å². The van der Waals surface area contributed by atoms with Gasteiger partial charge in [-0.25, -0.2) is 4.98 Å². The van der Waals surface area contributed by atoms with Gasteiger partial charge in [-0.15, -0.1) is 11.3 Å². The molecule has 0 unspecified atom stereocenters. The fraction of sp³-hybridized carbons (Fsp3) is 0.636. The Kier molecular flexibility index (Phi) is 7.83. The molecule has 4 nitrogen and oxygen atoms in total. The van der Waals surface area contributed by atoms with Gasteiger partial charge in [0.25, 0.3) is 0 Å². The van der Waals surface area contributed by atoms with Gasteiger partial charge < -0.3 is 10.6 Å². The molecule has 0 aromatic carbocycles. The number of guanidine groups is 1. The zero-order valence-corrected chi connectivity index (χ0v) is 12.0. The van der Waals surface area contributed by atoms with Crippen molar-refractivity contribution in [2.75, 3.05) is 25.9 Å². The minimum atomic E-state index is 0.895. The Morgan fingerprint density at radius 2 is 2.29 bits per heavy atom. The van der Waals surface area contributed by atoms with Crippen molar-refractivity contribution in [1.82, 2.24) is 15.6 Å². The van der Waals surface area contributed by atoms with Crippen molar-refractivity contribution in [3.8, 4) is 0 Å². The molecule has 2 N–H and O–H groups in total. The standard InChI is InChI=1S/C11H20N4S2/c1-3-5-13-10(12-2)14-6-4-8-16-11-15-7-9-17-11/h7,9H,3-6,8H2,1-2H3,(H2,12,13,14). The number of aliphatic imine (C=N–C) groups is 1. The van der Waals surface area contributed by atoms with Crippen molar-refractivity contribution in [3.63, 3.8) is 0 Å². The maximum Gasteiger partial charge on any atom is 0.190 e. The van der Waals surface area contributed by atoms with Crippen LogP contribution < -0.4 is 10.6 Å². The molecule has 1 aromatic rings. The van der Waals surface area contributed by atoms with Gasteiger partial charge in [-0.2, -0.15) is 0 Å². The third-order valence-electron chi connectivity index (χ3n) is 2.01. The first-order valence-corrected chi connectivity index (χ1v) is 7.70. The summed E-state index contributed by atoms with van der Waals surface area (Å²) < 4.78 is 1.15. The molecular formula is C11H20N4S2. The third kappa shape index (κ3) is 6.53. The zero-order chi connectivity index (χ0) is 12.3. The Morgan fingerprint density at radius 1 is 1.47 bits per heavy atom. The van der Waals surface area contributed by atoms with E-state index in [1.54, 1.807) is 18.4 Å². The number of aromatic nitrogens is 1. The number of hydrogen-bond acceptors (Lipinski definition) is 4. The minimum absolute atomic E-state index is 0.895. The summed E-state index contributed by atoms with van der Waals surface area (Å²) in [7, 11) is 1.80. The van der Waals surface area contributed by atoms with Crippen LogP contribution in [0.2, 0.25) is 0 Å². The normalized spacial score (nSPS) is 11.5. The van der Waals surface area contributed by atoms with Crippen LogP contribution in [0.1, 0.15) is 19.8 Å². The van der Waals surface area contributed by atoms with E-state index in [1.807, 2.05) is 23.3 Å². The molecule has 96 valence electrons. The second kappa shape index (κ2) is 9.30.